The molecular weight excluding hydrogens is 391 g/mol. The molecule has 1 aliphatic rings. The molecule has 1 amide bonds. The van der Waals surface area contributed by atoms with Crippen molar-refractivity contribution in [3.8, 4) is 0 Å². The molecule has 1 heterocycles. The monoisotopic (exact) mass is 414 g/mol. The molecule has 1 N–H and O–H groups in total. The first kappa shape index (κ1) is 19.6. The van der Waals surface area contributed by atoms with Gasteiger partial charge in [-0.2, -0.15) is 0 Å². The number of sulfone groups is 1. The molecule has 4 rings (SSSR count). The normalized spacial score (nSPS) is 15.5. The number of halogens is 1. The second-order valence-corrected chi connectivity index (χ2v) is 9.42. The van der Waals surface area contributed by atoms with Gasteiger partial charge in [0.2, 0.25) is 15.7 Å². The highest BCUT2D eigenvalue weighted by Crippen LogP contribution is 2.30. The van der Waals surface area contributed by atoms with E-state index in [9.17, 15) is 17.6 Å². The summed E-state index contributed by atoms with van der Waals surface area (Å²) < 4.78 is 41.2. The molecule has 0 unspecified atom stereocenters. The van der Waals surface area contributed by atoms with E-state index < -0.39 is 15.7 Å². The summed E-state index contributed by atoms with van der Waals surface area (Å²) in [7, 11) is -3.84. The lowest BCUT2D eigenvalue weighted by Gasteiger charge is -2.22. The third kappa shape index (κ3) is 4.05. The Bertz CT molecular complexity index is 1130. The van der Waals surface area contributed by atoms with Gasteiger partial charge in [0.1, 0.15) is 12.4 Å². The van der Waals surface area contributed by atoms with Crippen LogP contribution >= 0.6 is 0 Å². The molecule has 0 saturated heterocycles. The zero-order valence-electron chi connectivity index (χ0n) is 16.0. The number of aromatic nitrogens is 1. The lowest BCUT2D eigenvalue weighted by molar-refractivity contribution is -0.122. The van der Waals surface area contributed by atoms with E-state index in [-0.39, 0.29) is 28.3 Å². The largest absolute Gasteiger partial charge is 0.352 e. The first-order valence-corrected chi connectivity index (χ1v) is 11.3. The van der Waals surface area contributed by atoms with E-state index in [1.54, 1.807) is 22.8 Å². The van der Waals surface area contributed by atoms with Crippen LogP contribution in [0.5, 0.6) is 0 Å². The first-order chi connectivity index (χ1) is 13.9. The SMILES string of the molecule is O=C(Cn1cc(S(=O)(=O)c2ccc(F)cc2)c2ccccc21)NC1CCCCC1. The summed E-state index contributed by atoms with van der Waals surface area (Å²) in [4.78, 5) is 12.7. The lowest BCUT2D eigenvalue weighted by Crippen LogP contribution is -2.38. The minimum Gasteiger partial charge on any atom is -0.352 e. The number of para-hydroxylation sites is 1. The van der Waals surface area contributed by atoms with E-state index in [4.69, 9.17) is 0 Å². The smallest absolute Gasteiger partial charge is 0.240 e. The summed E-state index contributed by atoms with van der Waals surface area (Å²) >= 11 is 0. The number of nitrogens with zero attached hydrogens (tertiary/aromatic N) is 1. The van der Waals surface area contributed by atoms with Crippen LogP contribution in [0.1, 0.15) is 32.1 Å². The second-order valence-electron chi connectivity index (χ2n) is 7.50. The van der Waals surface area contributed by atoms with Crippen LogP contribution in [0.3, 0.4) is 0 Å². The molecule has 0 bridgehead atoms. The number of benzene rings is 2. The number of fused-ring (bicyclic) bond motifs is 1. The van der Waals surface area contributed by atoms with Crippen LogP contribution in [0.4, 0.5) is 4.39 Å². The van der Waals surface area contributed by atoms with Crippen LogP contribution in [-0.4, -0.2) is 24.9 Å². The fraction of sp³-hybridized carbons (Fsp3) is 0.318. The number of carbonyl (C=O) groups excluding carboxylic acids is 1. The van der Waals surface area contributed by atoms with Crippen molar-refractivity contribution < 1.29 is 17.6 Å². The van der Waals surface area contributed by atoms with Crippen molar-refractivity contribution in [1.82, 2.24) is 9.88 Å². The maximum Gasteiger partial charge on any atom is 0.240 e. The molecule has 0 atom stereocenters. The number of rotatable bonds is 5. The molecule has 0 aliphatic heterocycles. The maximum absolute atomic E-state index is 13.2. The van der Waals surface area contributed by atoms with E-state index in [1.165, 1.54) is 24.8 Å². The highest BCUT2D eigenvalue weighted by Gasteiger charge is 2.24. The lowest BCUT2D eigenvalue weighted by atomic mass is 9.95. The fourth-order valence-electron chi connectivity index (χ4n) is 3.97. The van der Waals surface area contributed by atoms with E-state index in [2.05, 4.69) is 5.32 Å². The summed E-state index contributed by atoms with van der Waals surface area (Å²) in [6.45, 7) is 0.0515. The van der Waals surface area contributed by atoms with Crippen LogP contribution in [0, 0.1) is 5.82 Å². The predicted molar refractivity (Wildman–Crippen MR) is 109 cm³/mol. The van der Waals surface area contributed by atoms with Crippen molar-refractivity contribution in [3.05, 3.63) is 60.5 Å². The number of amides is 1. The average molecular weight is 415 g/mol. The third-order valence-electron chi connectivity index (χ3n) is 5.45. The summed E-state index contributed by atoms with van der Waals surface area (Å²) in [6.07, 6.45) is 6.93. The quantitative estimate of drug-likeness (QED) is 0.640. The van der Waals surface area contributed by atoms with Crippen molar-refractivity contribution in [2.75, 3.05) is 0 Å². The Balaban J connectivity index is 1.66. The van der Waals surface area contributed by atoms with E-state index in [0.717, 1.165) is 37.8 Å². The average Bonchev–Trinajstić information content (AvgIpc) is 3.08. The highest BCUT2D eigenvalue weighted by atomic mass is 32.2. The van der Waals surface area contributed by atoms with Crippen LogP contribution < -0.4 is 5.32 Å². The summed E-state index contributed by atoms with van der Waals surface area (Å²) in [5.74, 6) is -0.617. The van der Waals surface area contributed by atoms with Gasteiger partial charge in [-0.1, -0.05) is 37.5 Å². The highest BCUT2D eigenvalue weighted by molar-refractivity contribution is 7.91. The summed E-state index contributed by atoms with van der Waals surface area (Å²) in [5, 5.41) is 3.61. The Labute approximate surface area is 169 Å². The van der Waals surface area contributed by atoms with Gasteiger partial charge in [-0.25, -0.2) is 12.8 Å². The Morgan fingerprint density at radius 3 is 2.45 bits per heavy atom. The van der Waals surface area contributed by atoms with E-state index in [0.29, 0.717) is 10.9 Å². The molecule has 152 valence electrons. The van der Waals surface area contributed by atoms with Gasteiger partial charge in [0.05, 0.1) is 9.79 Å². The Morgan fingerprint density at radius 1 is 1.03 bits per heavy atom. The van der Waals surface area contributed by atoms with Crippen molar-refractivity contribution in [1.29, 1.82) is 0 Å². The Hall–Kier alpha value is -2.67. The molecule has 0 spiro atoms. The Morgan fingerprint density at radius 2 is 1.72 bits per heavy atom. The maximum atomic E-state index is 13.2. The van der Waals surface area contributed by atoms with Gasteiger partial charge in [0, 0.05) is 23.1 Å². The summed E-state index contributed by atoms with van der Waals surface area (Å²) in [6, 6.07) is 12.1. The predicted octanol–water partition coefficient (Wildman–Crippen LogP) is 4.06. The molecule has 1 aliphatic carbocycles. The van der Waals surface area contributed by atoms with E-state index >= 15 is 0 Å². The molecule has 2 aromatic carbocycles. The Kier molecular flexibility index (Phi) is 5.41. The molecule has 1 saturated carbocycles. The van der Waals surface area contributed by atoms with Crippen molar-refractivity contribution in [3.63, 3.8) is 0 Å². The molecule has 0 radical (unpaired) electrons. The minimum atomic E-state index is -3.84. The topological polar surface area (TPSA) is 68.2 Å². The molecule has 29 heavy (non-hydrogen) atoms. The molecule has 7 heteroatoms. The van der Waals surface area contributed by atoms with Gasteiger partial charge in [0.25, 0.3) is 0 Å². The van der Waals surface area contributed by atoms with Crippen LogP contribution in [0.15, 0.2) is 64.5 Å². The number of hydrogen-bond donors (Lipinski definition) is 1. The van der Waals surface area contributed by atoms with Crippen LogP contribution in [0.2, 0.25) is 0 Å². The number of hydrogen-bond acceptors (Lipinski definition) is 3. The van der Waals surface area contributed by atoms with Crippen LogP contribution in [-0.2, 0) is 21.2 Å². The van der Waals surface area contributed by atoms with Gasteiger partial charge in [0.15, 0.2) is 0 Å². The fourth-order valence-corrected chi connectivity index (χ4v) is 5.45. The first-order valence-electron chi connectivity index (χ1n) is 9.83. The van der Waals surface area contributed by atoms with Crippen molar-refractivity contribution >= 4 is 26.6 Å². The zero-order valence-corrected chi connectivity index (χ0v) is 16.8. The van der Waals surface area contributed by atoms with Gasteiger partial charge in [-0.15, -0.1) is 0 Å². The second kappa shape index (κ2) is 7.99. The molecular formula is C22H23FN2O3S. The van der Waals surface area contributed by atoms with Crippen molar-refractivity contribution in [2.24, 2.45) is 0 Å². The summed E-state index contributed by atoms with van der Waals surface area (Å²) in [5.41, 5.74) is 0.673. The molecule has 1 fully saturated rings. The van der Waals surface area contributed by atoms with E-state index in [1.807, 2.05) is 6.07 Å². The number of carbonyl (C=O) groups is 1. The molecule has 1 aromatic heterocycles. The van der Waals surface area contributed by atoms with Crippen LogP contribution in [0.25, 0.3) is 10.9 Å². The van der Waals surface area contributed by atoms with Gasteiger partial charge in [-0.05, 0) is 43.2 Å². The number of nitrogens with one attached hydrogen (secondary N) is 1. The molecule has 5 nitrogen and oxygen atoms in total. The molecule has 3 aromatic rings. The van der Waals surface area contributed by atoms with Gasteiger partial charge in [-0.3, -0.25) is 4.79 Å². The zero-order chi connectivity index (χ0) is 20.4. The van der Waals surface area contributed by atoms with Gasteiger partial charge < -0.3 is 9.88 Å². The van der Waals surface area contributed by atoms with Crippen molar-refractivity contribution in [2.45, 2.75) is 54.5 Å². The minimum absolute atomic E-state index is 0.0217. The third-order valence-corrected chi connectivity index (χ3v) is 7.25. The van der Waals surface area contributed by atoms with Gasteiger partial charge >= 0.3 is 0 Å². The standard InChI is InChI=1S/C22H23FN2O3S/c23-16-10-12-18(13-11-16)29(27,28)21-14-25(20-9-5-4-8-19(20)21)15-22(26)24-17-6-2-1-3-7-17/h4-5,8-14,17H,1-3,6-7,15H2,(H,24,26).